The first-order valence-electron chi connectivity index (χ1n) is 3.13. The van der Waals surface area contributed by atoms with Gasteiger partial charge in [-0.2, -0.15) is 5.10 Å². The predicted molar refractivity (Wildman–Crippen MR) is 38.5 cm³/mol. The molecule has 6 nitrogen and oxygen atoms in total. The van der Waals surface area contributed by atoms with Gasteiger partial charge >= 0.3 is 0 Å². The third-order valence-corrected chi connectivity index (χ3v) is 1.28. The second-order valence-corrected chi connectivity index (χ2v) is 2.16. The molecule has 0 fully saturated rings. The van der Waals surface area contributed by atoms with Gasteiger partial charge in [-0.15, -0.1) is 0 Å². The van der Waals surface area contributed by atoms with Crippen LogP contribution in [0.1, 0.15) is 10.5 Å². The molecule has 1 aromatic rings. The zero-order chi connectivity index (χ0) is 9.14. The molecule has 64 valence electrons. The monoisotopic (exact) mass is 169 g/mol. The molecule has 1 heterocycles. The van der Waals surface area contributed by atoms with E-state index in [9.17, 15) is 9.59 Å². The van der Waals surface area contributed by atoms with E-state index in [1.54, 1.807) is 0 Å². The second-order valence-electron chi connectivity index (χ2n) is 2.16. The Morgan fingerprint density at radius 1 is 1.83 bits per heavy atom. The smallest absolute Gasteiger partial charge is 0.239 e. The molecule has 0 unspecified atom stereocenters. The molecule has 0 bridgehead atoms. The van der Waals surface area contributed by atoms with Crippen molar-refractivity contribution in [2.24, 2.45) is 5.73 Å². The van der Waals surface area contributed by atoms with Crippen molar-refractivity contribution < 1.29 is 14.7 Å². The Kier molecular flexibility index (Phi) is 2.09. The highest BCUT2D eigenvalue weighted by Gasteiger charge is 2.09. The molecule has 0 aliphatic carbocycles. The summed E-state index contributed by atoms with van der Waals surface area (Å²) in [4.78, 5) is 20.7. The van der Waals surface area contributed by atoms with Gasteiger partial charge in [0.05, 0.1) is 6.20 Å². The summed E-state index contributed by atoms with van der Waals surface area (Å²) in [7, 11) is 0. The fourth-order valence-corrected chi connectivity index (χ4v) is 0.780. The molecule has 0 aliphatic rings. The maximum absolute atomic E-state index is 10.4. The fraction of sp³-hybridized carbons (Fsp3) is 0.167. The molecule has 12 heavy (non-hydrogen) atoms. The normalized spacial score (nSPS) is 9.67. The van der Waals surface area contributed by atoms with Gasteiger partial charge in [-0.1, -0.05) is 0 Å². The Hall–Kier alpha value is -1.85. The molecular formula is C6H7N3O3. The van der Waals surface area contributed by atoms with Crippen molar-refractivity contribution >= 4 is 12.2 Å². The van der Waals surface area contributed by atoms with Crippen LogP contribution in [0.3, 0.4) is 0 Å². The lowest BCUT2D eigenvalue weighted by Gasteiger charge is -1.97. The Balaban J connectivity index is 2.99. The Bertz CT molecular complexity index is 318. The van der Waals surface area contributed by atoms with Crippen molar-refractivity contribution in [3.8, 4) is 5.75 Å². The molecule has 1 rings (SSSR count). The van der Waals surface area contributed by atoms with Crippen molar-refractivity contribution in [1.29, 1.82) is 0 Å². The summed E-state index contributed by atoms with van der Waals surface area (Å²) in [6.07, 6.45) is 1.48. The summed E-state index contributed by atoms with van der Waals surface area (Å²) in [5.74, 6) is -0.882. The highest BCUT2D eigenvalue weighted by Crippen LogP contribution is 2.12. The van der Waals surface area contributed by atoms with Gasteiger partial charge in [0.2, 0.25) is 5.91 Å². The van der Waals surface area contributed by atoms with Crippen molar-refractivity contribution in [3.63, 3.8) is 0 Å². The summed E-state index contributed by atoms with van der Waals surface area (Å²) in [5, 5.41) is 12.5. The minimum Gasteiger partial charge on any atom is -0.504 e. The number of nitrogens with two attached hydrogens (primary N) is 1. The van der Waals surface area contributed by atoms with Crippen molar-refractivity contribution in [3.05, 3.63) is 11.9 Å². The third-order valence-electron chi connectivity index (χ3n) is 1.28. The lowest BCUT2D eigenvalue weighted by molar-refractivity contribution is -0.118. The summed E-state index contributed by atoms with van der Waals surface area (Å²) >= 11 is 0. The molecule has 1 aromatic heterocycles. The molecule has 0 atom stereocenters. The Morgan fingerprint density at radius 2 is 2.50 bits per heavy atom. The van der Waals surface area contributed by atoms with E-state index in [0.717, 1.165) is 10.9 Å². The predicted octanol–water partition coefficient (Wildman–Crippen LogP) is -1.11. The fourth-order valence-electron chi connectivity index (χ4n) is 0.780. The van der Waals surface area contributed by atoms with Crippen LogP contribution >= 0.6 is 0 Å². The zero-order valence-corrected chi connectivity index (χ0v) is 6.10. The van der Waals surface area contributed by atoms with Crippen LogP contribution in [0.4, 0.5) is 0 Å². The largest absolute Gasteiger partial charge is 0.504 e. The molecule has 0 aliphatic heterocycles. The van der Waals surface area contributed by atoms with Gasteiger partial charge in [-0.05, 0) is 0 Å². The number of aromatic nitrogens is 2. The van der Waals surface area contributed by atoms with Gasteiger partial charge in [0, 0.05) is 0 Å². The number of nitrogens with zero attached hydrogens (tertiary/aromatic N) is 2. The summed E-state index contributed by atoms with van der Waals surface area (Å²) in [5.41, 5.74) is 4.81. The van der Waals surface area contributed by atoms with E-state index in [1.807, 2.05) is 0 Å². The summed E-state index contributed by atoms with van der Waals surface area (Å²) in [6.45, 7) is -0.214. The average molecular weight is 169 g/mol. The van der Waals surface area contributed by atoms with Crippen LogP contribution in [0.25, 0.3) is 0 Å². The van der Waals surface area contributed by atoms with Gasteiger partial charge in [0.15, 0.2) is 12.0 Å². The summed E-state index contributed by atoms with van der Waals surface area (Å²) in [6, 6.07) is 0. The first-order valence-corrected chi connectivity index (χ1v) is 3.13. The number of primary amides is 1. The van der Waals surface area contributed by atoms with Gasteiger partial charge < -0.3 is 10.8 Å². The Labute approximate surface area is 67.6 Å². The quantitative estimate of drug-likeness (QED) is 0.560. The van der Waals surface area contributed by atoms with E-state index in [1.165, 1.54) is 0 Å². The second kappa shape index (κ2) is 3.04. The number of hydrogen-bond donors (Lipinski definition) is 2. The standard InChI is InChI=1S/C6H7N3O3/c7-6(12)2-9-4(3-10)5(11)1-8-9/h1,3,11H,2H2,(H2,7,12). The molecule has 6 heteroatoms. The van der Waals surface area contributed by atoms with Gasteiger partial charge in [-0.3, -0.25) is 9.59 Å². The van der Waals surface area contributed by atoms with Crippen molar-refractivity contribution in [2.45, 2.75) is 6.54 Å². The number of hydrogen-bond acceptors (Lipinski definition) is 4. The molecule has 0 aromatic carbocycles. The maximum Gasteiger partial charge on any atom is 0.239 e. The molecule has 0 radical (unpaired) electrons. The highest BCUT2D eigenvalue weighted by atomic mass is 16.3. The third kappa shape index (κ3) is 1.42. The highest BCUT2D eigenvalue weighted by molar-refractivity contribution is 5.79. The van der Waals surface area contributed by atoms with Crippen molar-refractivity contribution in [1.82, 2.24) is 9.78 Å². The number of aromatic hydroxyl groups is 1. The summed E-state index contributed by atoms with van der Waals surface area (Å²) < 4.78 is 1.03. The van der Waals surface area contributed by atoms with Crippen molar-refractivity contribution in [2.75, 3.05) is 0 Å². The van der Waals surface area contributed by atoms with E-state index >= 15 is 0 Å². The van der Waals surface area contributed by atoms with Gasteiger partial charge in [0.25, 0.3) is 0 Å². The van der Waals surface area contributed by atoms with Crippen LogP contribution < -0.4 is 5.73 Å². The van der Waals surface area contributed by atoms with Crippen LogP contribution in [0.5, 0.6) is 5.75 Å². The maximum atomic E-state index is 10.4. The van der Waals surface area contributed by atoms with Crippen LogP contribution in [0.15, 0.2) is 6.20 Å². The minimum atomic E-state index is -0.624. The van der Waals surface area contributed by atoms with E-state index in [0.29, 0.717) is 6.29 Å². The van der Waals surface area contributed by atoms with Crippen LogP contribution in [0, 0.1) is 0 Å². The molecular weight excluding hydrogens is 162 g/mol. The molecule has 0 saturated heterocycles. The Morgan fingerprint density at radius 3 is 3.00 bits per heavy atom. The SMILES string of the molecule is NC(=O)Cn1ncc(O)c1C=O. The van der Waals surface area contributed by atoms with E-state index in [-0.39, 0.29) is 18.0 Å². The number of aldehydes is 1. The van der Waals surface area contributed by atoms with Crippen LogP contribution in [0.2, 0.25) is 0 Å². The van der Waals surface area contributed by atoms with Gasteiger partial charge in [0.1, 0.15) is 12.2 Å². The number of carbonyl (C=O) groups is 2. The zero-order valence-electron chi connectivity index (χ0n) is 6.10. The van der Waals surface area contributed by atoms with E-state index in [4.69, 9.17) is 10.8 Å². The first-order chi connectivity index (χ1) is 5.65. The van der Waals surface area contributed by atoms with Crippen LogP contribution in [-0.4, -0.2) is 27.1 Å². The van der Waals surface area contributed by atoms with E-state index < -0.39 is 5.91 Å². The lowest BCUT2D eigenvalue weighted by Crippen LogP contribution is -2.20. The number of amides is 1. The number of rotatable bonds is 3. The number of carbonyl (C=O) groups excluding carboxylic acids is 2. The molecule has 0 spiro atoms. The van der Waals surface area contributed by atoms with Gasteiger partial charge in [-0.25, -0.2) is 4.68 Å². The van der Waals surface area contributed by atoms with E-state index in [2.05, 4.69) is 5.10 Å². The molecule has 1 amide bonds. The molecule has 3 N–H and O–H groups in total. The minimum absolute atomic E-state index is 0.0474. The first kappa shape index (κ1) is 8.25. The van der Waals surface area contributed by atoms with Crippen LogP contribution in [-0.2, 0) is 11.3 Å². The molecule has 0 saturated carbocycles. The topological polar surface area (TPSA) is 98.2 Å². The average Bonchev–Trinajstić information content (AvgIpc) is 2.30. The lowest BCUT2D eigenvalue weighted by atomic mass is 10.4.